The molecule has 3 aromatic rings. The van der Waals surface area contributed by atoms with Crippen LogP contribution in [-0.2, 0) is 9.59 Å². The van der Waals surface area contributed by atoms with Crippen LogP contribution in [0.5, 0.6) is 5.75 Å². The zero-order valence-corrected chi connectivity index (χ0v) is 18.3. The normalized spacial score (nSPS) is 12.6. The monoisotopic (exact) mass is 453 g/mol. The number of anilines is 3. The quantitative estimate of drug-likeness (QED) is 0.420. The molecule has 1 unspecified atom stereocenters. The van der Waals surface area contributed by atoms with Crippen LogP contribution in [0.1, 0.15) is 29.1 Å². The molecule has 0 bridgehead atoms. The second-order valence-corrected chi connectivity index (χ2v) is 7.99. The summed E-state index contributed by atoms with van der Waals surface area (Å²) < 4.78 is 5.40. The van der Waals surface area contributed by atoms with Gasteiger partial charge in [-0.3, -0.25) is 14.4 Å². The lowest BCUT2D eigenvalue weighted by Crippen LogP contribution is -2.39. The molecule has 0 aliphatic rings. The van der Waals surface area contributed by atoms with E-state index in [9.17, 15) is 14.4 Å². The fourth-order valence-electron chi connectivity index (χ4n) is 2.88. The molecule has 0 radical (unpaired) electrons. The zero-order chi connectivity index (χ0) is 23.4. The predicted molar refractivity (Wildman–Crippen MR) is 123 cm³/mol. The van der Waals surface area contributed by atoms with E-state index in [4.69, 9.17) is 21.9 Å². The number of rotatable bonds is 9. The van der Waals surface area contributed by atoms with E-state index in [1.165, 1.54) is 6.92 Å². The van der Waals surface area contributed by atoms with E-state index in [0.29, 0.717) is 22.1 Å². The number of benzene rings is 2. The number of hydrogen-bond acceptors (Lipinski definition) is 8. The summed E-state index contributed by atoms with van der Waals surface area (Å²) in [6, 6.07) is 14.6. The molecule has 0 aliphatic heterocycles. The Labute approximate surface area is 188 Å². The van der Waals surface area contributed by atoms with Gasteiger partial charge in [0, 0.05) is 11.3 Å². The summed E-state index contributed by atoms with van der Waals surface area (Å²) in [5.74, 6) is -1.02. The molecule has 0 saturated heterocycles. The fraction of sp³-hybridized carbons (Fsp3) is 0.182. The van der Waals surface area contributed by atoms with Gasteiger partial charge in [-0.15, -0.1) is 0 Å². The van der Waals surface area contributed by atoms with E-state index in [-0.39, 0.29) is 16.5 Å². The zero-order valence-electron chi connectivity index (χ0n) is 17.5. The molecule has 0 fully saturated rings. The maximum absolute atomic E-state index is 13.1. The molecule has 0 aliphatic carbocycles. The summed E-state index contributed by atoms with van der Waals surface area (Å²) in [7, 11) is 0. The molecule has 3 rings (SSSR count). The number of carbonyl (C=O) groups excluding carboxylic acids is 3. The third-order valence-electron chi connectivity index (χ3n) is 4.72. The Kier molecular flexibility index (Phi) is 6.74. The van der Waals surface area contributed by atoms with Crippen LogP contribution in [0, 0.1) is 0 Å². The van der Waals surface area contributed by atoms with Crippen LogP contribution in [0.25, 0.3) is 0 Å². The van der Waals surface area contributed by atoms with Crippen LogP contribution in [0.2, 0.25) is 0 Å². The highest BCUT2D eigenvalue weighted by atomic mass is 32.1. The Hall–Kier alpha value is -3.92. The lowest BCUT2D eigenvalue weighted by molar-refractivity contribution is -0.124. The van der Waals surface area contributed by atoms with Gasteiger partial charge in [-0.25, -0.2) is 4.98 Å². The van der Waals surface area contributed by atoms with E-state index in [1.54, 1.807) is 36.1 Å². The van der Waals surface area contributed by atoms with Crippen LogP contribution in [0.15, 0.2) is 54.6 Å². The third kappa shape index (κ3) is 4.86. The van der Waals surface area contributed by atoms with Crippen molar-refractivity contribution >= 4 is 45.6 Å². The minimum atomic E-state index is -0.799. The van der Waals surface area contributed by atoms with Crippen molar-refractivity contribution in [1.82, 2.24) is 4.98 Å². The minimum absolute atomic E-state index is 0.0512. The van der Waals surface area contributed by atoms with Gasteiger partial charge in [0.25, 0.3) is 5.91 Å². The Morgan fingerprint density at radius 3 is 2.16 bits per heavy atom. The standard InChI is InChI=1S/C22H23N5O4S/c1-12(20(24)29)27(15-6-4-3-5-7-15)22-26-19(23)18(32-22)17(28)14-8-10-16(11-9-14)31-13(2)21(25)30/h3-13H,23H2,1-2H3,(H2,24,29)(H2,25,30)/t12?,13-/m1/s1. The number of carbonyl (C=O) groups is 3. The predicted octanol–water partition coefficient (Wildman–Crippen LogP) is 2.22. The molecule has 10 heteroatoms. The summed E-state index contributed by atoms with van der Waals surface area (Å²) >= 11 is 1.07. The van der Waals surface area contributed by atoms with Gasteiger partial charge in [-0.05, 0) is 50.2 Å². The van der Waals surface area contributed by atoms with Gasteiger partial charge < -0.3 is 26.8 Å². The van der Waals surface area contributed by atoms with E-state index < -0.39 is 24.0 Å². The molecule has 9 nitrogen and oxygen atoms in total. The number of nitrogen functional groups attached to an aromatic ring is 1. The summed E-state index contributed by atoms with van der Waals surface area (Å²) in [5, 5.41) is 0.374. The fourth-order valence-corrected chi connectivity index (χ4v) is 3.93. The lowest BCUT2D eigenvalue weighted by Gasteiger charge is -2.26. The van der Waals surface area contributed by atoms with Crippen molar-refractivity contribution in [3.8, 4) is 5.75 Å². The van der Waals surface area contributed by atoms with Crippen molar-refractivity contribution in [3.05, 3.63) is 65.0 Å². The highest BCUT2D eigenvalue weighted by Crippen LogP contribution is 2.35. The second kappa shape index (κ2) is 9.48. The first-order chi connectivity index (χ1) is 15.2. The van der Waals surface area contributed by atoms with E-state index in [2.05, 4.69) is 4.98 Å². The number of nitrogens with zero attached hydrogens (tertiary/aromatic N) is 2. The Morgan fingerprint density at radius 1 is 0.969 bits per heavy atom. The molecule has 32 heavy (non-hydrogen) atoms. The van der Waals surface area contributed by atoms with Crippen LogP contribution in [0.3, 0.4) is 0 Å². The highest BCUT2D eigenvalue weighted by Gasteiger charge is 2.27. The van der Waals surface area contributed by atoms with Crippen LogP contribution < -0.4 is 26.8 Å². The molecule has 0 saturated carbocycles. The maximum Gasteiger partial charge on any atom is 0.258 e. The summed E-state index contributed by atoms with van der Waals surface area (Å²) in [6.45, 7) is 3.19. The van der Waals surface area contributed by atoms with Gasteiger partial charge in [-0.2, -0.15) is 0 Å². The number of hydrogen-bond donors (Lipinski definition) is 3. The number of nitrogens with two attached hydrogens (primary N) is 3. The number of aromatic nitrogens is 1. The largest absolute Gasteiger partial charge is 0.481 e. The van der Waals surface area contributed by atoms with E-state index in [1.807, 2.05) is 30.3 Å². The van der Waals surface area contributed by atoms with Gasteiger partial charge in [0.1, 0.15) is 22.5 Å². The Bertz CT molecular complexity index is 1130. The molecule has 2 atom stereocenters. The van der Waals surface area contributed by atoms with Crippen LogP contribution >= 0.6 is 11.3 Å². The third-order valence-corrected chi connectivity index (χ3v) is 5.79. The first kappa shape index (κ1) is 22.8. The molecule has 166 valence electrons. The number of amides is 2. The van der Waals surface area contributed by atoms with Crippen molar-refractivity contribution in [2.45, 2.75) is 26.0 Å². The smallest absolute Gasteiger partial charge is 0.258 e. The summed E-state index contributed by atoms with van der Waals surface area (Å²) in [5.41, 5.74) is 17.8. The number of primary amides is 2. The molecular weight excluding hydrogens is 430 g/mol. The minimum Gasteiger partial charge on any atom is -0.481 e. The van der Waals surface area contributed by atoms with Crippen molar-refractivity contribution in [1.29, 1.82) is 0 Å². The Morgan fingerprint density at radius 2 is 1.59 bits per heavy atom. The summed E-state index contributed by atoms with van der Waals surface area (Å²) in [4.78, 5) is 42.3. The van der Waals surface area contributed by atoms with Gasteiger partial charge in [0.2, 0.25) is 11.7 Å². The molecule has 1 aromatic heterocycles. The lowest BCUT2D eigenvalue weighted by atomic mass is 10.1. The first-order valence-corrected chi connectivity index (χ1v) is 10.5. The molecule has 0 spiro atoms. The molecule has 2 aromatic carbocycles. The SMILES string of the molecule is CC(C(N)=O)N(c1ccccc1)c1nc(N)c(C(=O)c2ccc(O[C@H](C)C(N)=O)cc2)s1. The number of para-hydroxylation sites is 1. The van der Waals surface area contributed by atoms with Crippen molar-refractivity contribution in [2.75, 3.05) is 10.6 Å². The second-order valence-electron chi connectivity index (χ2n) is 7.01. The number of ether oxygens (including phenoxy) is 1. The van der Waals surface area contributed by atoms with E-state index in [0.717, 1.165) is 11.3 Å². The maximum atomic E-state index is 13.1. The topological polar surface area (TPSA) is 155 Å². The Balaban J connectivity index is 1.90. The van der Waals surface area contributed by atoms with Gasteiger partial charge in [-0.1, -0.05) is 29.5 Å². The van der Waals surface area contributed by atoms with Crippen LogP contribution in [-0.4, -0.2) is 34.7 Å². The van der Waals surface area contributed by atoms with Crippen molar-refractivity contribution in [2.24, 2.45) is 11.5 Å². The van der Waals surface area contributed by atoms with E-state index >= 15 is 0 Å². The average Bonchev–Trinajstić information content (AvgIpc) is 3.15. The van der Waals surface area contributed by atoms with Crippen molar-refractivity contribution in [3.63, 3.8) is 0 Å². The molecular formula is C22H23N5O4S. The van der Waals surface area contributed by atoms with Crippen LogP contribution in [0.4, 0.5) is 16.6 Å². The highest BCUT2D eigenvalue weighted by molar-refractivity contribution is 7.18. The number of thiazole rings is 1. The number of ketones is 1. The first-order valence-electron chi connectivity index (χ1n) is 9.69. The van der Waals surface area contributed by atoms with Gasteiger partial charge in [0.05, 0.1) is 0 Å². The molecule has 2 amide bonds. The molecule has 1 heterocycles. The van der Waals surface area contributed by atoms with Gasteiger partial charge in [0.15, 0.2) is 11.2 Å². The van der Waals surface area contributed by atoms with Crippen molar-refractivity contribution < 1.29 is 19.1 Å². The molecule has 6 N–H and O–H groups in total. The average molecular weight is 454 g/mol. The van der Waals surface area contributed by atoms with Gasteiger partial charge >= 0.3 is 0 Å². The summed E-state index contributed by atoms with van der Waals surface area (Å²) in [6.07, 6.45) is -0.799.